The molecule has 4 rings (SSSR count). The number of fused-ring (bicyclic) bond motifs is 1. The molecule has 25 heavy (non-hydrogen) atoms. The van der Waals surface area contributed by atoms with Crippen molar-refractivity contribution in [3.63, 3.8) is 0 Å². The van der Waals surface area contributed by atoms with E-state index in [0.717, 1.165) is 54.8 Å². The van der Waals surface area contributed by atoms with Gasteiger partial charge in [0.25, 0.3) is 0 Å². The van der Waals surface area contributed by atoms with Gasteiger partial charge in [-0.3, -0.25) is 4.68 Å². The second kappa shape index (κ2) is 6.15. The van der Waals surface area contributed by atoms with E-state index in [9.17, 15) is 0 Å². The predicted octanol–water partition coefficient (Wildman–Crippen LogP) is 0.797. The van der Waals surface area contributed by atoms with Gasteiger partial charge in [0, 0.05) is 33.2 Å². The Bertz CT molecular complexity index is 883. The van der Waals surface area contributed by atoms with E-state index in [4.69, 9.17) is 4.74 Å². The van der Waals surface area contributed by atoms with E-state index in [0.29, 0.717) is 5.75 Å². The van der Waals surface area contributed by atoms with Crippen molar-refractivity contribution in [2.45, 2.75) is 6.92 Å². The highest BCUT2D eigenvalue weighted by Crippen LogP contribution is 2.25. The highest BCUT2D eigenvalue weighted by Gasteiger charge is 2.23. The second-order valence-electron chi connectivity index (χ2n) is 6.00. The molecule has 1 aliphatic heterocycles. The van der Waals surface area contributed by atoms with Crippen LogP contribution in [0.4, 0.5) is 11.8 Å². The molecule has 0 N–H and O–H groups in total. The van der Waals surface area contributed by atoms with Crippen molar-refractivity contribution in [2.24, 2.45) is 7.05 Å². The van der Waals surface area contributed by atoms with Crippen LogP contribution in [0.1, 0.15) is 5.82 Å². The van der Waals surface area contributed by atoms with Crippen LogP contribution in [0.2, 0.25) is 0 Å². The van der Waals surface area contributed by atoms with Gasteiger partial charge in [0.2, 0.25) is 5.95 Å². The van der Waals surface area contributed by atoms with Gasteiger partial charge >= 0.3 is 0 Å². The molecular weight excluding hydrogens is 320 g/mol. The van der Waals surface area contributed by atoms with E-state index in [-0.39, 0.29) is 0 Å². The Morgan fingerprint density at radius 1 is 0.960 bits per heavy atom. The molecule has 4 heterocycles. The summed E-state index contributed by atoms with van der Waals surface area (Å²) in [6.07, 6.45) is 5.23. The Morgan fingerprint density at radius 3 is 2.32 bits per heavy atom. The Balaban J connectivity index is 1.54. The fourth-order valence-corrected chi connectivity index (χ4v) is 3.05. The quantitative estimate of drug-likeness (QED) is 0.692. The lowest BCUT2D eigenvalue weighted by Crippen LogP contribution is -2.47. The van der Waals surface area contributed by atoms with E-state index >= 15 is 0 Å². The molecule has 0 aliphatic carbocycles. The van der Waals surface area contributed by atoms with E-state index in [1.807, 2.05) is 20.2 Å². The molecule has 9 heteroatoms. The van der Waals surface area contributed by atoms with E-state index in [1.165, 1.54) is 0 Å². The van der Waals surface area contributed by atoms with Gasteiger partial charge in [-0.15, -0.1) is 0 Å². The summed E-state index contributed by atoms with van der Waals surface area (Å²) < 4.78 is 6.90. The molecule has 0 unspecified atom stereocenters. The summed E-state index contributed by atoms with van der Waals surface area (Å²) in [6.45, 7) is 5.26. The van der Waals surface area contributed by atoms with Gasteiger partial charge in [0.15, 0.2) is 11.4 Å². The third kappa shape index (κ3) is 2.81. The van der Waals surface area contributed by atoms with E-state index in [1.54, 1.807) is 24.2 Å². The fraction of sp³-hybridized carbons (Fsp3) is 0.438. The van der Waals surface area contributed by atoms with Crippen LogP contribution in [0.5, 0.6) is 5.75 Å². The molecule has 0 radical (unpaired) electrons. The molecule has 0 amide bonds. The highest BCUT2D eigenvalue weighted by atomic mass is 16.5. The molecule has 0 atom stereocenters. The largest absolute Gasteiger partial charge is 0.494 e. The molecule has 9 nitrogen and oxygen atoms in total. The fourth-order valence-electron chi connectivity index (χ4n) is 3.05. The topological polar surface area (TPSA) is 85.1 Å². The molecular formula is C16H20N8O. The normalized spacial score (nSPS) is 15.0. The number of hydrogen-bond donors (Lipinski definition) is 0. The van der Waals surface area contributed by atoms with Crippen LogP contribution in [0.3, 0.4) is 0 Å². The highest BCUT2D eigenvalue weighted by molar-refractivity contribution is 5.87. The Kier molecular flexibility index (Phi) is 3.83. The van der Waals surface area contributed by atoms with Gasteiger partial charge in [-0.2, -0.15) is 5.10 Å². The molecule has 1 saturated heterocycles. The van der Waals surface area contributed by atoms with Crippen molar-refractivity contribution in [2.75, 3.05) is 43.1 Å². The summed E-state index contributed by atoms with van der Waals surface area (Å²) in [7, 11) is 3.51. The second-order valence-corrected chi connectivity index (χ2v) is 6.00. The van der Waals surface area contributed by atoms with E-state index < -0.39 is 0 Å². The number of aryl methyl sites for hydroxylation is 2. The molecule has 3 aromatic heterocycles. The minimum Gasteiger partial charge on any atom is -0.494 e. The summed E-state index contributed by atoms with van der Waals surface area (Å²) in [5.74, 6) is 3.10. The van der Waals surface area contributed by atoms with Crippen LogP contribution in [0.25, 0.3) is 11.0 Å². The summed E-state index contributed by atoms with van der Waals surface area (Å²) in [5.41, 5.74) is 0.864. The minimum atomic E-state index is 0.665. The first-order valence-corrected chi connectivity index (χ1v) is 8.18. The number of rotatable bonds is 3. The summed E-state index contributed by atoms with van der Waals surface area (Å²) in [5, 5.41) is 5.30. The average Bonchev–Trinajstić information content (AvgIpc) is 3.02. The van der Waals surface area contributed by atoms with Crippen LogP contribution >= 0.6 is 0 Å². The van der Waals surface area contributed by atoms with Crippen LogP contribution < -0.4 is 14.5 Å². The molecule has 3 aromatic rings. The maximum atomic E-state index is 5.11. The first kappa shape index (κ1) is 15.6. The maximum absolute atomic E-state index is 5.11. The number of hydrogen-bond acceptors (Lipinski definition) is 8. The van der Waals surface area contributed by atoms with Crippen LogP contribution in [0, 0.1) is 6.92 Å². The zero-order valence-electron chi connectivity index (χ0n) is 14.5. The first-order valence-electron chi connectivity index (χ1n) is 8.18. The standard InChI is InChI=1S/C16H20N8O/c1-11-20-14-13(10-19-22(14)2)15(21-11)23-4-6-24(7-5-23)16-17-8-12(25-3)9-18-16/h8-10H,4-7H2,1-3H3. The summed E-state index contributed by atoms with van der Waals surface area (Å²) >= 11 is 0. The van der Waals surface area contributed by atoms with Crippen molar-refractivity contribution < 1.29 is 4.74 Å². The van der Waals surface area contributed by atoms with Crippen LogP contribution in [-0.4, -0.2) is 63.0 Å². The molecule has 0 saturated carbocycles. The third-order valence-corrected chi connectivity index (χ3v) is 4.40. The van der Waals surface area contributed by atoms with E-state index in [2.05, 4.69) is 34.8 Å². The SMILES string of the molecule is COc1cnc(N2CCN(c3nc(C)nc4c3cnn4C)CC2)nc1. The Morgan fingerprint density at radius 2 is 1.64 bits per heavy atom. The summed E-state index contributed by atoms with van der Waals surface area (Å²) in [4.78, 5) is 22.3. The molecule has 0 spiro atoms. The number of nitrogens with zero attached hydrogens (tertiary/aromatic N) is 8. The predicted molar refractivity (Wildman–Crippen MR) is 94.1 cm³/mol. The minimum absolute atomic E-state index is 0.665. The Hall–Kier alpha value is -2.97. The third-order valence-electron chi connectivity index (χ3n) is 4.40. The van der Waals surface area contributed by atoms with Gasteiger partial charge in [-0.1, -0.05) is 0 Å². The molecule has 1 fully saturated rings. The number of ether oxygens (including phenoxy) is 1. The lowest BCUT2D eigenvalue weighted by atomic mass is 10.3. The lowest BCUT2D eigenvalue weighted by molar-refractivity contribution is 0.410. The van der Waals surface area contributed by atoms with Crippen molar-refractivity contribution in [3.05, 3.63) is 24.4 Å². The summed E-state index contributed by atoms with van der Waals surface area (Å²) in [6, 6.07) is 0. The number of piperazine rings is 1. The Labute approximate surface area is 145 Å². The zero-order valence-corrected chi connectivity index (χ0v) is 14.5. The van der Waals surface area contributed by atoms with Crippen molar-refractivity contribution in [1.29, 1.82) is 0 Å². The molecule has 1 aliphatic rings. The molecule has 0 aromatic carbocycles. The molecule has 130 valence electrons. The number of anilines is 2. The van der Waals surface area contributed by atoms with Gasteiger partial charge in [-0.05, 0) is 6.92 Å². The monoisotopic (exact) mass is 340 g/mol. The van der Waals surface area contributed by atoms with Gasteiger partial charge in [0.1, 0.15) is 11.6 Å². The van der Waals surface area contributed by atoms with Crippen LogP contribution in [0.15, 0.2) is 18.6 Å². The number of aromatic nitrogens is 6. The average molecular weight is 340 g/mol. The number of methoxy groups -OCH3 is 1. The smallest absolute Gasteiger partial charge is 0.225 e. The van der Waals surface area contributed by atoms with Gasteiger partial charge in [0.05, 0.1) is 31.1 Å². The van der Waals surface area contributed by atoms with Crippen molar-refractivity contribution in [1.82, 2.24) is 29.7 Å². The van der Waals surface area contributed by atoms with Crippen molar-refractivity contribution >= 4 is 22.8 Å². The zero-order chi connectivity index (χ0) is 17.4. The van der Waals surface area contributed by atoms with Crippen molar-refractivity contribution in [3.8, 4) is 5.75 Å². The van der Waals surface area contributed by atoms with Crippen LogP contribution in [-0.2, 0) is 7.05 Å². The van der Waals surface area contributed by atoms with Gasteiger partial charge < -0.3 is 14.5 Å². The molecule has 0 bridgehead atoms. The maximum Gasteiger partial charge on any atom is 0.225 e. The van der Waals surface area contributed by atoms with Gasteiger partial charge in [-0.25, -0.2) is 19.9 Å². The lowest BCUT2D eigenvalue weighted by Gasteiger charge is -2.35. The first-order chi connectivity index (χ1) is 12.2.